The Hall–Kier alpha value is -2.57. The fraction of sp³-hybridized carbons (Fsp3) is 0.0714. The van der Waals surface area contributed by atoms with Gasteiger partial charge in [-0.2, -0.15) is 0 Å². The molecule has 0 aliphatic rings. The van der Waals surface area contributed by atoms with Crippen LogP contribution in [0.25, 0.3) is 0 Å². The van der Waals surface area contributed by atoms with Crippen molar-refractivity contribution in [1.29, 1.82) is 0 Å². The highest BCUT2D eigenvalue weighted by Crippen LogP contribution is 2.21. The van der Waals surface area contributed by atoms with Gasteiger partial charge in [-0.05, 0) is 12.1 Å². The van der Waals surface area contributed by atoms with E-state index < -0.39 is 40.4 Å². The van der Waals surface area contributed by atoms with Crippen molar-refractivity contribution >= 4 is 11.6 Å². The molecule has 0 spiro atoms. The molecule has 0 bridgehead atoms. The smallest absolute Gasteiger partial charge is 0.258 e. The lowest BCUT2D eigenvalue weighted by Crippen LogP contribution is -2.15. The Labute approximate surface area is 117 Å². The van der Waals surface area contributed by atoms with Crippen LogP contribution >= 0.6 is 0 Å². The van der Waals surface area contributed by atoms with E-state index in [2.05, 4.69) is 0 Å². The zero-order chi connectivity index (χ0) is 15.6. The zero-order valence-electron chi connectivity index (χ0n) is 10.7. The second-order valence-corrected chi connectivity index (χ2v) is 4.05. The molecule has 2 aromatic carbocycles. The molecule has 110 valence electrons. The number of hydrogen-bond donors (Lipinski definition) is 1. The van der Waals surface area contributed by atoms with Crippen LogP contribution in [0.4, 0.5) is 23.2 Å². The molecular weight excluding hydrogens is 290 g/mol. The molecule has 3 nitrogen and oxygen atoms in total. The second kappa shape index (κ2) is 5.82. The minimum absolute atomic E-state index is 0.187. The van der Waals surface area contributed by atoms with Crippen molar-refractivity contribution in [2.24, 2.45) is 0 Å². The van der Waals surface area contributed by atoms with E-state index in [1.54, 1.807) is 0 Å². The van der Waals surface area contributed by atoms with Gasteiger partial charge >= 0.3 is 0 Å². The summed E-state index contributed by atoms with van der Waals surface area (Å²) in [5.41, 5.74) is -1.13. The van der Waals surface area contributed by atoms with E-state index in [9.17, 15) is 22.4 Å². The molecule has 0 aromatic heterocycles. The van der Waals surface area contributed by atoms with Crippen LogP contribution in [-0.2, 0) is 0 Å². The maximum atomic E-state index is 13.7. The largest absolute Gasteiger partial charge is 0.497 e. The van der Waals surface area contributed by atoms with Crippen LogP contribution in [0.2, 0.25) is 0 Å². The number of rotatable bonds is 3. The number of amides is 1. The molecular formula is C14H9F4NO2. The molecule has 2 rings (SSSR count). The molecule has 1 amide bonds. The highest BCUT2D eigenvalue weighted by Gasteiger charge is 2.17. The summed E-state index contributed by atoms with van der Waals surface area (Å²) in [4.78, 5) is 11.8. The minimum atomic E-state index is -1.46. The number of benzene rings is 2. The number of halogens is 4. The van der Waals surface area contributed by atoms with Crippen molar-refractivity contribution in [1.82, 2.24) is 0 Å². The first-order chi connectivity index (χ1) is 9.92. The topological polar surface area (TPSA) is 38.3 Å². The first-order valence-corrected chi connectivity index (χ1v) is 5.72. The Morgan fingerprint density at radius 1 is 1.05 bits per heavy atom. The molecule has 0 fully saturated rings. The molecule has 0 heterocycles. The number of carbonyl (C=O) groups excluding carboxylic acids is 1. The van der Waals surface area contributed by atoms with Crippen LogP contribution < -0.4 is 10.1 Å². The monoisotopic (exact) mass is 299 g/mol. The lowest BCUT2D eigenvalue weighted by atomic mass is 10.1. The number of carbonyl (C=O) groups is 1. The maximum Gasteiger partial charge on any atom is 0.258 e. The number of ether oxygens (including phenoxy) is 1. The van der Waals surface area contributed by atoms with E-state index in [0.29, 0.717) is 12.1 Å². The third-order valence-electron chi connectivity index (χ3n) is 2.66. The van der Waals surface area contributed by atoms with Crippen LogP contribution in [0.15, 0.2) is 30.3 Å². The number of nitrogens with one attached hydrogen (secondary N) is 1. The number of hydrogen-bond acceptors (Lipinski definition) is 2. The third-order valence-corrected chi connectivity index (χ3v) is 2.66. The van der Waals surface area contributed by atoms with Crippen molar-refractivity contribution in [2.75, 3.05) is 12.4 Å². The normalized spacial score (nSPS) is 10.3. The van der Waals surface area contributed by atoms with E-state index in [0.717, 1.165) is 12.1 Å². The van der Waals surface area contributed by atoms with Gasteiger partial charge in [0.2, 0.25) is 0 Å². The average Bonchev–Trinajstić information content (AvgIpc) is 2.43. The highest BCUT2D eigenvalue weighted by atomic mass is 19.2. The molecule has 0 atom stereocenters. The molecule has 2 aromatic rings. The summed E-state index contributed by atoms with van der Waals surface area (Å²) in [6.07, 6.45) is 0. The van der Waals surface area contributed by atoms with Crippen molar-refractivity contribution in [2.45, 2.75) is 0 Å². The summed E-state index contributed by atoms with van der Waals surface area (Å²) < 4.78 is 57.8. The fourth-order valence-electron chi connectivity index (χ4n) is 1.64. The van der Waals surface area contributed by atoms with Crippen molar-refractivity contribution in [3.8, 4) is 5.75 Å². The fourth-order valence-corrected chi connectivity index (χ4v) is 1.64. The minimum Gasteiger partial charge on any atom is -0.497 e. The van der Waals surface area contributed by atoms with Gasteiger partial charge in [0.15, 0.2) is 11.6 Å². The van der Waals surface area contributed by atoms with Crippen LogP contribution in [0.3, 0.4) is 0 Å². The Kier molecular flexibility index (Phi) is 4.11. The standard InChI is InChI=1S/C14H9F4NO2/c1-21-8-2-3-9(10(16)6-8)14(20)19-12-5-7(15)4-11(17)13(12)18/h2-6H,1H3,(H,19,20). The van der Waals surface area contributed by atoms with E-state index in [1.807, 2.05) is 5.32 Å². The predicted octanol–water partition coefficient (Wildman–Crippen LogP) is 3.50. The summed E-state index contributed by atoms with van der Waals surface area (Å²) in [7, 11) is 1.32. The van der Waals surface area contributed by atoms with E-state index in [1.165, 1.54) is 13.2 Å². The van der Waals surface area contributed by atoms with Gasteiger partial charge in [0.1, 0.15) is 17.4 Å². The molecule has 21 heavy (non-hydrogen) atoms. The van der Waals surface area contributed by atoms with Gasteiger partial charge < -0.3 is 10.1 Å². The summed E-state index contributed by atoms with van der Waals surface area (Å²) in [6, 6.07) is 4.31. The predicted molar refractivity (Wildman–Crippen MR) is 67.2 cm³/mol. The lowest BCUT2D eigenvalue weighted by molar-refractivity contribution is 0.102. The van der Waals surface area contributed by atoms with Crippen molar-refractivity contribution in [3.63, 3.8) is 0 Å². The summed E-state index contributed by atoms with van der Waals surface area (Å²) >= 11 is 0. The summed E-state index contributed by atoms with van der Waals surface area (Å²) in [5.74, 6) is -5.73. The number of anilines is 1. The van der Waals surface area contributed by atoms with Gasteiger partial charge in [0, 0.05) is 18.2 Å². The summed E-state index contributed by atoms with van der Waals surface area (Å²) in [5, 5.41) is 1.91. The Bertz CT molecular complexity index is 704. The Morgan fingerprint density at radius 3 is 2.38 bits per heavy atom. The molecule has 1 N–H and O–H groups in total. The van der Waals surface area contributed by atoms with Gasteiger partial charge in [0.25, 0.3) is 5.91 Å². The molecule has 0 saturated carbocycles. The van der Waals surface area contributed by atoms with Gasteiger partial charge in [-0.3, -0.25) is 4.79 Å². The summed E-state index contributed by atoms with van der Waals surface area (Å²) in [6.45, 7) is 0. The van der Waals surface area contributed by atoms with E-state index in [-0.39, 0.29) is 5.75 Å². The second-order valence-electron chi connectivity index (χ2n) is 4.05. The van der Waals surface area contributed by atoms with Crippen molar-refractivity contribution in [3.05, 3.63) is 59.2 Å². The van der Waals surface area contributed by atoms with Crippen LogP contribution in [0, 0.1) is 23.3 Å². The zero-order valence-corrected chi connectivity index (χ0v) is 10.7. The quantitative estimate of drug-likeness (QED) is 0.696. The van der Waals surface area contributed by atoms with Gasteiger partial charge in [-0.1, -0.05) is 0 Å². The van der Waals surface area contributed by atoms with Gasteiger partial charge in [-0.15, -0.1) is 0 Å². The van der Waals surface area contributed by atoms with Crippen molar-refractivity contribution < 1.29 is 27.1 Å². The molecule has 7 heteroatoms. The van der Waals surface area contributed by atoms with Gasteiger partial charge in [-0.25, -0.2) is 17.6 Å². The molecule has 0 aliphatic heterocycles. The molecule has 0 saturated heterocycles. The first-order valence-electron chi connectivity index (χ1n) is 5.72. The first kappa shape index (κ1) is 14.8. The lowest BCUT2D eigenvalue weighted by Gasteiger charge is -2.09. The Balaban J connectivity index is 2.30. The highest BCUT2D eigenvalue weighted by molar-refractivity contribution is 6.04. The van der Waals surface area contributed by atoms with Crippen LogP contribution in [0.5, 0.6) is 5.75 Å². The third kappa shape index (κ3) is 3.13. The maximum absolute atomic E-state index is 13.7. The van der Waals surface area contributed by atoms with Gasteiger partial charge in [0.05, 0.1) is 18.4 Å². The molecule has 0 aliphatic carbocycles. The average molecular weight is 299 g/mol. The molecule has 0 unspecified atom stereocenters. The molecule has 0 radical (unpaired) electrons. The van der Waals surface area contributed by atoms with E-state index in [4.69, 9.17) is 4.74 Å². The SMILES string of the molecule is COc1ccc(C(=O)Nc2cc(F)cc(F)c2F)c(F)c1. The van der Waals surface area contributed by atoms with E-state index >= 15 is 0 Å². The number of methoxy groups -OCH3 is 1. The van der Waals surface area contributed by atoms with Crippen LogP contribution in [0.1, 0.15) is 10.4 Å². The Morgan fingerprint density at radius 2 is 1.76 bits per heavy atom. The van der Waals surface area contributed by atoms with Crippen LogP contribution in [-0.4, -0.2) is 13.0 Å².